The highest BCUT2D eigenvalue weighted by atomic mass is 35.5. The molecule has 4 rings (SSSR count). The molecule has 0 atom stereocenters. The molecule has 2 aromatic heterocycles. The van der Waals surface area contributed by atoms with Crippen LogP contribution in [0.5, 0.6) is 11.5 Å². The molecule has 1 saturated heterocycles. The second-order valence-corrected chi connectivity index (χ2v) is 7.98. The molecule has 1 aliphatic heterocycles. The van der Waals surface area contributed by atoms with Crippen molar-refractivity contribution in [2.45, 2.75) is 18.9 Å². The van der Waals surface area contributed by atoms with Crippen LogP contribution in [-0.2, 0) is 0 Å². The number of nitrogens with one attached hydrogen (secondary N) is 2. The summed E-state index contributed by atoms with van der Waals surface area (Å²) in [6.45, 7) is 1.64. The second-order valence-electron chi connectivity index (χ2n) is 7.22. The highest BCUT2D eigenvalue weighted by Crippen LogP contribution is 2.45. The van der Waals surface area contributed by atoms with E-state index in [4.69, 9.17) is 32.7 Å². The van der Waals surface area contributed by atoms with Gasteiger partial charge in [0.15, 0.2) is 0 Å². The van der Waals surface area contributed by atoms with E-state index in [1.165, 1.54) is 14.2 Å². The van der Waals surface area contributed by atoms with Crippen LogP contribution in [0, 0.1) is 0 Å². The van der Waals surface area contributed by atoms with Crippen molar-refractivity contribution in [2.24, 2.45) is 0 Å². The number of anilines is 1. The Morgan fingerprint density at radius 2 is 1.77 bits per heavy atom. The summed E-state index contributed by atoms with van der Waals surface area (Å²) in [5, 5.41) is 7.47. The van der Waals surface area contributed by atoms with Crippen LogP contribution in [0.15, 0.2) is 23.1 Å². The number of rotatable bonds is 5. The van der Waals surface area contributed by atoms with Crippen molar-refractivity contribution in [1.82, 2.24) is 19.9 Å². The summed E-state index contributed by atoms with van der Waals surface area (Å²) in [6.07, 6.45) is 3.30. The van der Waals surface area contributed by atoms with Crippen molar-refractivity contribution in [2.75, 3.05) is 39.7 Å². The molecule has 2 N–H and O–H groups in total. The minimum Gasteiger partial charge on any atom is -0.495 e. The Hall–Kier alpha value is -2.55. The average molecular weight is 464 g/mol. The number of nitrogens with zero attached hydrogens (tertiary/aromatic N) is 3. The lowest BCUT2D eigenvalue weighted by Gasteiger charge is -2.26. The zero-order valence-corrected chi connectivity index (χ0v) is 19.0. The number of hydrogen-bond acceptors (Lipinski definition) is 7. The number of halogens is 2. The van der Waals surface area contributed by atoms with Crippen molar-refractivity contribution < 1.29 is 9.47 Å². The Balaban J connectivity index is 2.07. The van der Waals surface area contributed by atoms with E-state index in [0.717, 1.165) is 25.9 Å². The van der Waals surface area contributed by atoms with E-state index in [1.54, 1.807) is 29.9 Å². The molecule has 10 heteroatoms. The number of ether oxygens (including phenoxy) is 2. The summed E-state index contributed by atoms with van der Waals surface area (Å²) >= 11 is 13.2. The van der Waals surface area contributed by atoms with Gasteiger partial charge in [-0.2, -0.15) is 4.98 Å². The number of hydrogen-bond donors (Lipinski definition) is 2. The topological polar surface area (TPSA) is 90.3 Å². The Bertz CT molecular complexity index is 1160. The summed E-state index contributed by atoms with van der Waals surface area (Å²) in [5.74, 6) is 1.18. The first kappa shape index (κ1) is 21.7. The van der Waals surface area contributed by atoms with E-state index in [-0.39, 0.29) is 21.6 Å². The van der Waals surface area contributed by atoms with Crippen LogP contribution in [0.2, 0.25) is 10.0 Å². The molecule has 0 radical (unpaired) electrons. The molecule has 0 amide bonds. The fraction of sp³-hybridized carbons (Fsp3) is 0.381. The van der Waals surface area contributed by atoms with Gasteiger partial charge in [-0.25, -0.2) is 4.98 Å². The van der Waals surface area contributed by atoms with Gasteiger partial charge < -0.3 is 20.1 Å². The molecule has 164 valence electrons. The Morgan fingerprint density at radius 1 is 1.13 bits per heavy atom. The fourth-order valence-electron chi connectivity index (χ4n) is 3.95. The van der Waals surface area contributed by atoms with Gasteiger partial charge in [0.05, 0.1) is 29.8 Å². The van der Waals surface area contributed by atoms with Gasteiger partial charge >= 0.3 is 0 Å². The van der Waals surface area contributed by atoms with Crippen LogP contribution in [0.4, 0.5) is 5.95 Å². The van der Waals surface area contributed by atoms with Crippen LogP contribution >= 0.6 is 23.2 Å². The number of benzene rings is 1. The molecule has 0 unspecified atom stereocenters. The SMILES string of the molecule is CNc1ncc2cc(-c3c(Cl)c(OC)cc(OC)c3Cl)c(=O)n(C3CCNCC3)c2n1. The molecule has 0 bridgehead atoms. The van der Waals surface area contributed by atoms with E-state index in [1.807, 2.05) is 0 Å². The molecule has 1 fully saturated rings. The average Bonchev–Trinajstić information content (AvgIpc) is 2.80. The number of methoxy groups -OCH3 is 2. The van der Waals surface area contributed by atoms with Crippen molar-refractivity contribution in [3.8, 4) is 22.6 Å². The number of aromatic nitrogens is 3. The van der Waals surface area contributed by atoms with Gasteiger partial charge in [-0.3, -0.25) is 9.36 Å². The predicted octanol–water partition coefficient (Wildman–Crippen LogP) is 3.75. The first-order chi connectivity index (χ1) is 15.0. The maximum atomic E-state index is 13.8. The minimum absolute atomic E-state index is 0.0131. The Kier molecular flexibility index (Phi) is 6.22. The zero-order chi connectivity index (χ0) is 22.1. The molecule has 1 aromatic carbocycles. The van der Waals surface area contributed by atoms with E-state index in [2.05, 4.69) is 20.6 Å². The van der Waals surface area contributed by atoms with Crippen LogP contribution in [-0.4, -0.2) is 48.9 Å². The van der Waals surface area contributed by atoms with Gasteiger partial charge in [-0.15, -0.1) is 0 Å². The fourth-order valence-corrected chi connectivity index (χ4v) is 4.65. The largest absolute Gasteiger partial charge is 0.495 e. The van der Waals surface area contributed by atoms with Crippen molar-refractivity contribution in [3.63, 3.8) is 0 Å². The maximum absolute atomic E-state index is 13.8. The van der Waals surface area contributed by atoms with Crippen LogP contribution in [0.3, 0.4) is 0 Å². The van der Waals surface area contributed by atoms with Gasteiger partial charge in [-0.05, 0) is 32.0 Å². The molecule has 0 spiro atoms. The normalized spacial score (nSPS) is 14.6. The smallest absolute Gasteiger partial charge is 0.260 e. The summed E-state index contributed by atoms with van der Waals surface area (Å²) in [5.41, 5.74) is 1.06. The standard InChI is InChI=1S/C21H23Cl2N5O3/c1-24-21-26-10-11-8-13(16-17(22)14(30-2)9-15(31-3)18(16)23)20(29)28(19(11)27-21)12-4-6-25-7-5-12/h8-10,12,25H,4-7H2,1-3H3,(H,24,26,27). The molecule has 3 heterocycles. The molecule has 1 aliphatic rings. The third-order valence-corrected chi connectivity index (χ3v) is 6.26. The molecular weight excluding hydrogens is 441 g/mol. The van der Waals surface area contributed by atoms with E-state index in [9.17, 15) is 4.79 Å². The van der Waals surface area contributed by atoms with Gasteiger partial charge in [0, 0.05) is 36.3 Å². The summed E-state index contributed by atoms with van der Waals surface area (Å²) in [6, 6.07) is 3.31. The third kappa shape index (κ3) is 3.79. The first-order valence-electron chi connectivity index (χ1n) is 9.91. The van der Waals surface area contributed by atoms with Gasteiger partial charge in [0.1, 0.15) is 17.1 Å². The minimum atomic E-state index is -0.223. The van der Waals surface area contributed by atoms with E-state index in [0.29, 0.717) is 39.6 Å². The molecule has 8 nitrogen and oxygen atoms in total. The van der Waals surface area contributed by atoms with Crippen molar-refractivity contribution in [3.05, 3.63) is 38.7 Å². The van der Waals surface area contributed by atoms with Gasteiger partial charge in [-0.1, -0.05) is 23.2 Å². The van der Waals surface area contributed by atoms with Gasteiger partial charge in [0.2, 0.25) is 5.95 Å². The van der Waals surface area contributed by atoms with Crippen LogP contribution in [0.1, 0.15) is 18.9 Å². The van der Waals surface area contributed by atoms with Gasteiger partial charge in [0.25, 0.3) is 5.56 Å². The molecule has 31 heavy (non-hydrogen) atoms. The zero-order valence-electron chi connectivity index (χ0n) is 17.5. The lowest BCUT2D eigenvalue weighted by atomic mass is 10.0. The Labute approximate surface area is 189 Å². The van der Waals surface area contributed by atoms with Crippen LogP contribution < -0.4 is 25.7 Å². The molecule has 0 saturated carbocycles. The molecular formula is C21H23Cl2N5O3. The van der Waals surface area contributed by atoms with E-state index < -0.39 is 0 Å². The molecule has 0 aliphatic carbocycles. The maximum Gasteiger partial charge on any atom is 0.260 e. The molecule has 3 aromatic rings. The number of fused-ring (bicyclic) bond motifs is 1. The summed E-state index contributed by atoms with van der Waals surface area (Å²) in [4.78, 5) is 22.8. The number of piperidine rings is 1. The lowest BCUT2D eigenvalue weighted by molar-refractivity contribution is 0.368. The monoisotopic (exact) mass is 463 g/mol. The van der Waals surface area contributed by atoms with Crippen molar-refractivity contribution in [1.29, 1.82) is 0 Å². The van der Waals surface area contributed by atoms with Crippen LogP contribution in [0.25, 0.3) is 22.2 Å². The summed E-state index contributed by atoms with van der Waals surface area (Å²) in [7, 11) is 4.74. The second kappa shape index (κ2) is 8.90. The highest BCUT2D eigenvalue weighted by molar-refractivity contribution is 6.41. The first-order valence-corrected chi connectivity index (χ1v) is 10.7. The van der Waals surface area contributed by atoms with E-state index >= 15 is 0 Å². The third-order valence-electron chi connectivity index (χ3n) is 5.51. The predicted molar refractivity (Wildman–Crippen MR) is 123 cm³/mol. The quantitative estimate of drug-likeness (QED) is 0.595. The lowest BCUT2D eigenvalue weighted by Crippen LogP contribution is -2.35. The number of pyridine rings is 1. The highest BCUT2D eigenvalue weighted by Gasteiger charge is 2.26. The Morgan fingerprint density at radius 3 is 2.35 bits per heavy atom. The summed E-state index contributed by atoms with van der Waals surface area (Å²) < 4.78 is 12.5. The van der Waals surface area contributed by atoms with Crippen molar-refractivity contribution >= 4 is 40.2 Å².